The zero-order chi connectivity index (χ0) is 13.8. The lowest BCUT2D eigenvalue weighted by atomic mass is 10.0. The summed E-state index contributed by atoms with van der Waals surface area (Å²) in [5.74, 6) is -0.291. The largest absolute Gasteiger partial charge is 0.464 e. The molecule has 5 nitrogen and oxygen atoms in total. The highest BCUT2D eigenvalue weighted by Gasteiger charge is 2.34. The van der Waals surface area contributed by atoms with Crippen LogP contribution in [0.1, 0.15) is 47.0 Å². The summed E-state index contributed by atoms with van der Waals surface area (Å²) in [6, 6.07) is -0.610. The van der Waals surface area contributed by atoms with Crippen molar-refractivity contribution in [3.63, 3.8) is 0 Å². The van der Waals surface area contributed by atoms with Gasteiger partial charge in [0.25, 0.3) is 0 Å². The summed E-state index contributed by atoms with van der Waals surface area (Å²) in [7, 11) is 0. The summed E-state index contributed by atoms with van der Waals surface area (Å²) in [6.07, 6.45) is 2.59. The molecule has 0 aromatic heterocycles. The third kappa shape index (κ3) is 4.20. The van der Waals surface area contributed by atoms with E-state index in [-0.39, 0.29) is 17.5 Å². The van der Waals surface area contributed by atoms with E-state index in [0.717, 1.165) is 12.8 Å². The van der Waals surface area contributed by atoms with Crippen molar-refractivity contribution in [2.24, 2.45) is 0 Å². The van der Waals surface area contributed by atoms with E-state index in [0.29, 0.717) is 19.6 Å². The van der Waals surface area contributed by atoms with Crippen LogP contribution in [0.25, 0.3) is 0 Å². The molecule has 2 amide bonds. The number of amides is 2. The van der Waals surface area contributed by atoms with E-state index in [9.17, 15) is 9.59 Å². The Hall–Kier alpha value is -1.26. The lowest BCUT2D eigenvalue weighted by Crippen LogP contribution is -2.55. The van der Waals surface area contributed by atoms with E-state index in [1.165, 1.54) is 0 Å². The predicted molar refractivity (Wildman–Crippen MR) is 69.3 cm³/mol. The molecule has 1 fully saturated rings. The maximum atomic E-state index is 12.1. The van der Waals surface area contributed by atoms with Gasteiger partial charge in [0, 0.05) is 12.1 Å². The van der Waals surface area contributed by atoms with Crippen LogP contribution in [-0.2, 0) is 9.53 Å². The maximum Gasteiger partial charge on any atom is 0.328 e. The van der Waals surface area contributed by atoms with Gasteiger partial charge < -0.3 is 15.0 Å². The fraction of sp³-hybridized carbons (Fsp3) is 0.846. The molecule has 0 bridgehead atoms. The van der Waals surface area contributed by atoms with Crippen LogP contribution in [0.2, 0.25) is 0 Å². The van der Waals surface area contributed by atoms with Gasteiger partial charge in [-0.2, -0.15) is 0 Å². The Morgan fingerprint density at radius 1 is 1.33 bits per heavy atom. The molecule has 0 saturated carbocycles. The lowest BCUT2D eigenvalue weighted by molar-refractivity contribution is -0.149. The number of hydrogen-bond donors (Lipinski definition) is 1. The first-order valence-corrected chi connectivity index (χ1v) is 6.60. The Balaban J connectivity index is 2.70. The zero-order valence-electron chi connectivity index (χ0n) is 11.8. The second-order valence-corrected chi connectivity index (χ2v) is 5.64. The normalized spacial score (nSPS) is 20.4. The average Bonchev–Trinajstić information content (AvgIpc) is 2.27. The average molecular weight is 256 g/mol. The van der Waals surface area contributed by atoms with Gasteiger partial charge in [-0.1, -0.05) is 0 Å². The second-order valence-electron chi connectivity index (χ2n) is 5.64. The number of urea groups is 1. The summed E-state index contributed by atoms with van der Waals surface area (Å²) in [4.78, 5) is 25.6. The van der Waals surface area contributed by atoms with Gasteiger partial charge in [0.2, 0.25) is 0 Å². The number of hydrogen-bond acceptors (Lipinski definition) is 3. The number of rotatable bonds is 2. The summed E-state index contributed by atoms with van der Waals surface area (Å²) < 4.78 is 5.03. The number of nitrogens with one attached hydrogen (secondary N) is 1. The molecular weight excluding hydrogens is 232 g/mol. The highest BCUT2D eigenvalue weighted by molar-refractivity contribution is 5.84. The second kappa shape index (κ2) is 6.07. The van der Waals surface area contributed by atoms with Gasteiger partial charge in [0.15, 0.2) is 0 Å². The number of ether oxygens (including phenoxy) is 1. The van der Waals surface area contributed by atoms with E-state index in [2.05, 4.69) is 5.32 Å². The van der Waals surface area contributed by atoms with E-state index >= 15 is 0 Å². The van der Waals surface area contributed by atoms with E-state index in [4.69, 9.17) is 4.74 Å². The molecule has 18 heavy (non-hydrogen) atoms. The predicted octanol–water partition coefficient (Wildman–Crippen LogP) is 1.91. The van der Waals surface area contributed by atoms with Crippen molar-refractivity contribution in [3.05, 3.63) is 0 Å². The number of likely N-dealkylation sites (tertiary alicyclic amines) is 1. The molecule has 1 aliphatic heterocycles. The molecule has 0 aromatic rings. The highest BCUT2D eigenvalue weighted by Crippen LogP contribution is 2.19. The molecule has 104 valence electrons. The fourth-order valence-electron chi connectivity index (χ4n) is 2.05. The molecule has 0 spiro atoms. The van der Waals surface area contributed by atoms with Gasteiger partial charge in [0.1, 0.15) is 6.04 Å². The van der Waals surface area contributed by atoms with Gasteiger partial charge in [-0.15, -0.1) is 0 Å². The highest BCUT2D eigenvalue weighted by atomic mass is 16.5. The van der Waals surface area contributed by atoms with Gasteiger partial charge in [-0.25, -0.2) is 9.59 Å². The van der Waals surface area contributed by atoms with Crippen molar-refractivity contribution < 1.29 is 14.3 Å². The molecule has 0 aromatic carbocycles. The molecule has 5 heteroatoms. The van der Waals surface area contributed by atoms with Crippen LogP contribution in [0.4, 0.5) is 4.79 Å². The van der Waals surface area contributed by atoms with Crippen LogP contribution in [0.3, 0.4) is 0 Å². The summed E-state index contributed by atoms with van der Waals surface area (Å²) in [6.45, 7) is 8.52. The third-order valence-electron chi connectivity index (χ3n) is 2.80. The van der Waals surface area contributed by atoms with Crippen molar-refractivity contribution in [2.75, 3.05) is 13.2 Å². The molecule has 0 aliphatic carbocycles. The van der Waals surface area contributed by atoms with Gasteiger partial charge in [-0.05, 0) is 47.0 Å². The van der Waals surface area contributed by atoms with Crippen LogP contribution < -0.4 is 5.32 Å². The van der Waals surface area contributed by atoms with Crippen LogP contribution in [0.15, 0.2) is 0 Å². The van der Waals surface area contributed by atoms with Crippen LogP contribution >= 0.6 is 0 Å². The minimum absolute atomic E-state index is 0.180. The topological polar surface area (TPSA) is 58.6 Å². The van der Waals surface area contributed by atoms with Gasteiger partial charge in [0.05, 0.1) is 6.61 Å². The van der Waals surface area contributed by atoms with Crippen molar-refractivity contribution in [2.45, 2.75) is 58.5 Å². The first kappa shape index (κ1) is 14.8. The SMILES string of the molecule is CCOC(=O)C1CCCCN1C(=O)NC(C)(C)C. The number of piperidine rings is 1. The van der Waals surface area contributed by atoms with E-state index in [1.54, 1.807) is 11.8 Å². The van der Waals surface area contributed by atoms with Crippen molar-refractivity contribution in [1.29, 1.82) is 0 Å². The van der Waals surface area contributed by atoms with Crippen molar-refractivity contribution >= 4 is 12.0 Å². The fourth-order valence-corrected chi connectivity index (χ4v) is 2.05. The molecule has 1 atom stereocenters. The number of esters is 1. The summed E-state index contributed by atoms with van der Waals surface area (Å²) in [5.41, 5.74) is -0.298. The zero-order valence-corrected chi connectivity index (χ0v) is 11.8. The summed E-state index contributed by atoms with van der Waals surface area (Å²) >= 11 is 0. The Morgan fingerprint density at radius 2 is 2.00 bits per heavy atom. The van der Waals surface area contributed by atoms with Crippen LogP contribution in [-0.4, -0.2) is 41.6 Å². The van der Waals surface area contributed by atoms with Gasteiger partial charge in [-0.3, -0.25) is 0 Å². The molecule has 1 aliphatic rings. The molecular formula is C13H24N2O3. The minimum atomic E-state index is -0.430. The molecule has 1 heterocycles. The monoisotopic (exact) mass is 256 g/mol. The van der Waals surface area contributed by atoms with Gasteiger partial charge >= 0.3 is 12.0 Å². The number of nitrogens with zero attached hydrogens (tertiary/aromatic N) is 1. The smallest absolute Gasteiger partial charge is 0.328 e. The summed E-state index contributed by atoms with van der Waals surface area (Å²) in [5, 5.41) is 2.90. The van der Waals surface area contributed by atoms with E-state index < -0.39 is 6.04 Å². The standard InChI is InChI=1S/C13H24N2O3/c1-5-18-11(16)10-8-6-7-9-15(10)12(17)14-13(2,3)4/h10H,5-9H2,1-4H3,(H,14,17). The van der Waals surface area contributed by atoms with Crippen LogP contribution in [0, 0.1) is 0 Å². The van der Waals surface area contributed by atoms with E-state index in [1.807, 2.05) is 20.8 Å². The van der Waals surface area contributed by atoms with Crippen molar-refractivity contribution in [1.82, 2.24) is 10.2 Å². The molecule has 1 unspecified atom stereocenters. The Bertz CT molecular complexity index is 310. The number of carbonyl (C=O) groups excluding carboxylic acids is 2. The third-order valence-corrected chi connectivity index (χ3v) is 2.80. The Kier molecular flexibility index (Phi) is 4.99. The lowest BCUT2D eigenvalue weighted by Gasteiger charge is -2.36. The Morgan fingerprint density at radius 3 is 2.56 bits per heavy atom. The first-order chi connectivity index (χ1) is 8.35. The number of carbonyl (C=O) groups is 2. The van der Waals surface area contributed by atoms with Crippen LogP contribution in [0.5, 0.6) is 0 Å². The Labute approximate surface area is 109 Å². The molecule has 1 N–H and O–H groups in total. The molecule has 1 rings (SSSR count). The maximum absolute atomic E-state index is 12.1. The first-order valence-electron chi connectivity index (χ1n) is 6.60. The molecule has 1 saturated heterocycles. The molecule has 0 radical (unpaired) electrons. The van der Waals surface area contributed by atoms with Crippen molar-refractivity contribution in [3.8, 4) is 0 Å². The minimum Gasteiger partial charge on any atom is -0.464 e. The quantitative estimate of drug-likeness (QED) is 0.768.